The van der Waals surface area contributed by atoms with Crippen LogP contribution in [0.25, 0.3) is 10.4 Å². The van der Waals surface area contributed by atoms with Gasteiger partial charge in [0.05, 0.1) is 6.54 Å². The Labute approximate surface area is 97.4 Å². The number of cyclic esters (lactones) is 1. The fourth-order valence-electron chi connectivity index (χ4n) is 1.61. The van der Waals surface area contributed by atoms with E-state index in [1.165, 1.54) is 4.90 Å². The molecular formula is C10H11N5O2. The van der Waals surface area contributed by atoms with Gasteiger partial charge in [-0.05, 0) is 17.7 Å². The van der Waals surface area contributed by atoms with Crippen LogP contribution < -0.4 is 10.6 Å². The molecule has 0 bridgehead atoms. The van der Waals surface area contributed by atoms with Crippen molar-refractivity contribution in [1.82, 2.24) is 0 Å². The first-order chi connectivity index (χ1) is 8.24. The summed E-state index contributed by atoms with van der Waals surface area (Å²) in [4.78, 5) is 15.7. The summed E-state index contributed by atoms with van der Waals surface area (Å²) in [6.07, 6.45) is -0.670. The van der Waals surface area contributed by atoms with Crippen LogP contribution in [0.4, 0.5) is 16.2 Å². The Morgan fingerprint density at radius 1 is 1.53 bits per heavy atom. The third kappa shape index (κ3) is 2.30. The van der Waals surface area contributed by atoms with Crippen molar-refractivity contribution in [2.45, 2.75) is 6.10 Å². The molecule has 1 aliphatic heterocycles. The number of azide groups is 1. The molecule has 17 heavy (non-hydrogen) atoms. The molecule has 88 valence electrons. The highest BCUT2D eigenvalue weighted by Crippen LogP contribution is 2.24. The first-order valence-electron chi connectivity index (χ1n) is 5.08. The summed E-state index contributed by atoms with van der Waals surface area (Å²) in [6.45, 7) is 0.745. The number of carbonyl (C=O) groups excluding carboxylic acids is 1. The van der Waals surface area contributed by atoms with E-state index < -0.39 is 6.09 Å². The molecule has 1 saturated heterocycles. The van der Waals surface area contributed by atoms with Crippen molar-refractivity contribution < 1.29 is 9.53 Å². The van der Waals surface area contributed by atoms with Gasteiger partial charge in [0, 0.05) is 22.8 Å². The number of rotatable bonds is 3. The van der Waals surface area contributed by atoms with Gasteiger partial charge < -0.3 is 10.5 Å². The number of hydrogen-bond donors (Lipinski definition) is 1. The molecule has 2 rings (SSSR count). The van der Waals surface area contributed by atoms with E-state index in [1.807, 2.05) is 0 Å². The number of ether oxygens (including phenoxy) is 1. The minimum atomic E-state index is -0.406. The van der Waals surface area contributed by atoms with E-state index in [4.69, 9.17) is 16.0 Å². The van der Waals surface area contributed by atoms with Crippen molar-refractivity contribution in [3.05, 3.63) is 34.7 Å². The van der Waals surface area contributed by atoms with E-state index in [0.29, 0.717) is 24.5 Å². The van der Waals surface area contributed by atoms with E-state index in [2.05, 4.69) is 10.0 Å². The van der Waals surface area contributed by atoms with Gasteiger partial charge in [-0.3, -0.25) is 4.90 Å². The van der Waals surface area contributed by atoms with Gasteiger partial charge in [-0.2, -0.15) is 0 Å². The lowest BCUT2D eigenvalue weighted by molar-refractivity contribution is 0.145. The largest absolute Gasteiger partial charge is 0.443 e. The van der Waals surface area contributed by atoms with E-state index in [0.717, 1.165) is 0 Å². The molecule has 1 fully saturated rings. The monoisotopic (exact) mass is 233 g/mol. The standard InChI is InChI=1S/C10H11N5O2/c11-5-9-6-15(10(16)17-9)8-3-1-7(2-4-8)13-14-12/h1-4,9H,5-6,11H2. The second-order valence-corrected chi connectivity index (χ2v) is 3.56. The average Bonchev–Trinajstić information content (AvgIpc) is 2.72. The van der Waals surface area contributed by atoms with Crippen molar-refractivity contribution in [3.63, 3.8) is 0 Å². The first kappa shape index (κ1) is 11.3. The minimum Gasteiger partial charge on any atom is -0.443 e. The van der Waals surface area contributed by atoms with Gasteiger partial charge in [0.15, 0.2) is 0 Å². The Hall–Kier alpha value is -2.24. The van der Waals surface area contributed by atoms with Crippen molar-refractivity contribution in [2.24, 2.45) is 10.8 Å². The Morgan fingerprint density at radius 2 is 2.24 bits per heavy atom. The summed E-state index contributed by atoms with van der Waals surface area (Å²) in [5.74, 6) is 0. The fourth-order valence-corrected chi connectivity index (χ4v) is 1.61. The zero-order chi connectivity index (χ0) is 12.3. The molecule has 1 aromatic carbocycles. The molecule has 1 unspecified atom stereocenters. The van der Waals surface area contributed by atoms with Crippen LogP contribution in [0.2, 0.25) is 0 Å². The zero-order valence-corrected chi connectivity index (χ0v) is 8.98. The SMILES string of the molecule is [N-]=[N+]=Nc1ccc(N2CC(CN)OC2=O)cc1. The third-order valence-corrected chi connectivity index (χ3v) is 2.46. The number of nitrogens with zero attached hydrogens (tertiary/aromatic N) is 4. The lowest BCUT2D eigenvalue weighted by atomic mass is 10.2. The van der Waals surface area contributed by atoms with Gasteiger partial charge in [-0.25, -0.2) is 4.79 Å². The molecule has 0 radical (unpaired) electrons. The Morgan fingerprint density at radius 3 is 2.76 bits per heavy atom. The predicted molar refractivity (Wildman–Crippen MR) is 61.9 cm³/mol. The third-order valence-electron chi connectivity index (χ3n) is 2.46. The Bertz CT molecular complexity index is 466. The molecule has 7 nitrogen and oxygen atoms in total. The Kier molecular flexibility index (Phi) is 3.13. The van der Waals surface area contributed by atoms with E-state index in [-0.39, 0.29) is 6.10 Å². The summed E-state index contributed by atoms with van der Waals surface area (Å²) < 4.78 is 5.04. The second-order valence-electron chi connectivity index (χ2n) is 3.56. The summed E-state index contributed by atoms with van der Waals surface area (Å²) in [5, 5.41) is 3.45. The van der Waals surface area contributed by atoms with E-state index >= 15 is 0 Å². The number of hydrogen-bond acceptors (Lipinski definition) is 4. The molecule has 1 heterocycles. The van der Waals surface area contributed by atoms with Crippen molar-refractivity contribution in [1.29, 1.82) is 0 Å². The first-order valence-corrected chi connectivity index (χ1v) is 5.08. The summed E-state index contributed by atoms with van der Waals surface area (Å²) in [5.41, 5.74) is 14.9. The van der Waals surface area contributed by atoms with Crippen LogP contribution in [0.15, 0.2) is 29.4 Å². The van der Waals surface area contributed by atoms with Gasteiger partial charge >= 0.3 is 6.09 Å². The average molecular weight is 233 g/mol. The number of nitrogens with two attached hydrogens (primary N) is 1. The molecule has 1 amide bonds. The molecule has 0 spiro atoms. The number of benzene rings is 1. The fraction of sp³-hybridized carbons (Fsp3) is 0.300. The van der Waals surface area contributed by atoms with Crippen molar-refractivity contribution in [2.75, 3.05) is 18.0 Å². The van der Waals surface area contributed by atoms with Crippen LogP contribution in [0.3, 0.4) is 0 Å². The lowest BCUT2D eigenvalue weighted by Gasteiger charge is -2.12. The molecule has 2 N–H and O–H groups in total. The summed E-state index contributed by atoms with van der Waals surface area (Å²) >= 11 is 0. The quantitative estimate of drug-likeness (QED) is 0.489. The number of carbonyl (C=O) groups is 1. The molecular weight excluding hydrogens is 222 g/mol. The maximum absolute atomic E-state index is 11.5. The molecule has 0 aliphatic carbocycles. The second kappa shape index (κ2) is 4.73. The maximum atomic E-state index is 11.5. The van der Waals surface area contributed by atoms with Crippen LogP contribution in [-0.4, -0.2) is 25.3 Å². The van der Waals surface area contributed by atoms with Crippen LogP contribution in [-0.2, 0) is 4.74 Å². The van der Waals surface area contributed by atoms with Crippen LogP contribution in [0.1, 0.15) is 0 Å². The van der Waals surface area contributed by atoms with Gasteiger partial charge in [0.1, 0.15) is 6.10 Å². The van der Waals surface area contributed by atoms with Gasteiger partial charge in [0.25, 0.3) is 0 Å². The predicted octanol–water partition coefficient (Wildman–Crippen LogP) is 1.91. The normalized spacial score (nSPS) is 18.8. The summed E-state index contributed by atoms with van der Waals surface area (Å²) in [6, 6.07) is 6.67. The highest BCUT2D eigenvalue weighted by atomic mass is 16.6. The molecule has 1 aliphatic rings. The number of amides is 1. The van der Waals surface area contributed by atoms with E-state index in [9.17, 15) is 4.79 Å². The summed E-state index contributed by atoms with van der Waals surface area (Å²) in [7, 11) is 0. The minimum absolute atomic E-state index is 0.265. The van der Waals surface area contributed by atoms with Gasteiger partial charge in [0.2, 0.25) is 0 Å². The Balaban J connectivity index is 2.17. The topological polar surface area (TPSA) is 104 Å². The van der Waals surface area contributed by atoms with E-state index in [1.54, 1.807) is 24.3 Å². The molecule has 1 aromatic rings. The molecule has 0 saturated carbocycles. The highest BCUT2D eigenvalue weighted by molar-refractivity contribution is 5.89. The van der Waals surface area contributed by atoms with Crippen molar-refractivity contribution in [3.8, 4) is 0 Å². The smallest absolute Gasteiger partial charge is 0.414 e. The molecule has 1 atom stereocenters. The number of anilines is 1. The lowest BCUT2D eigenvalue weighted by Crippen LogP contribution is -2.27. The maximum Gasteiger partial charge on any atom is 0.414 e. The van der Waals surface area contributed by atoms with Crippen LogP contribution in [0.5, 0.6) is 0 Å². The van der Waals surface area contributed by atoms with Crippen molar-refractivity contribution >= 4 is 17.5 Å². The van der Waals surface area contributed by atoms with Crippen LogP contribution in [0, 0.1) is 0 Å². The molecule has 0 aromatic heterocycles. The highest BCUT2D eigenvalue weighted by Gasteiger charge is 2.31. The van der Waals surface area contributed by atoms with Crippen LogP contribution >= 0.6 is 0 Å². The van der Waals surface area contributed by atoms with Gasteiger partial charge in [-0.15, -0.1) is 0 Å². The molecule has 7 heteroatoms. The zero-order valence-electron chi connectivity index (χ0n) is 8.98. The van der Waals surface area contributed by atoms with Gasteiger partial charge in [-0.1, -0.05) is 17.2 Å².